The predicted molar refractivity (Wildman–Crippen MR) is 85.7 cm³/mol. The molecule has 21 heavy (non-hydrogen) atoms. The van der Waals surface area contributed by atoms with Crippen LogP contribution < -0.4 is 10.1 Å². The van der Waals surface area contributed by atoms with Crippen molar-refractivity contribution in [3.63, 3.8) is 0 Å². The lowest BCUT2D eigenvalue weighted by Crippen LogP contribution is -2.21. The summed E-state index contributed by atoms with van der Waals surface area (Å²) in [5.41, 5.74) is 3.08. The molecule has 2 aromatic rings. The molecule has 0 amide bonds. The maximum absolute atomic E-state index is 6.19. The van der Waals surface area contributed by atoms with Crippen molar-refractivity contribution in [2.24, 2.45) is 7.05 Å². The van der Waals surface area contributed by atoms with Gasteiger partial charge >= 0.3 is 0 Å². The normalized spacial score (nSPS) is 11.1. The first-order valence-corrected chi connectivity index (χ1v) is 7.48. The molecular weight excluding hydrogens is 286 g/mol. The summed E-state index contributed by atoms with van der Waals surface area (Å²) in [5.74, 6) is 0.836. The number of benzene rings is 1. The molecule has 0 saturated heterocycles. The van der Waals surface area contributed by atoms with Crippen molar-refractivity contribution in [1.82, 2.24) is 15.1 Å². The van der Waals surface area contributed by atoms with Crippen LogP contribution in [0.25, 0.3) is 0 Å². The molecule has 0 radical (unpaired) electrons. The summed E-state index contributed by atoms with van der Waals surface area (Å²) < 4.78 is 7.45. The second-order valence-corrected chi connectivity index (χ2v) is 5.80. The van der Waals surface area contributed by atoms with Crippen molar-refractivity contribution in [3.8, 4) is 5.75 Å². The third kappa shape index (κ3) is 4.22. The largest absolute Gasteiger partial charge is 0.489 e. The average molecular weight is 308 g/mol. The van der Waals surface area contributed by atoms with Gasteiger partial charge in [0.05, 0.1) is 5.69 Å². The van der Waals surface area contributed by atoms with Gasteiger partial charge in [-0.1, -0.05) is 37.6 Å². The number of nitrogens with one attached hydrogen (secondary N) is 1. The van der Waals surface area contributed by atoms with Crippen LogP contribution in [0, 0.1) is 6.92 Å². The van der Waals surface area contributed by atoms with Crippen molar-refractivity contribution in [1.29, 1.82) is 0 Å². The number of halogens is 1. The minimum atomic E-state index is 0.433. The number of aromatic nitrogens is 2. The minimum Gasteiger partial charge on any atom is -0.489 e. The van der Waals surface area contributed by atoms with E-state index in [1.165, 1.54) is 5.56 Å². The molecule has 114 valence electrons. The molecule has 0 saturated carbocycles. The standard InChI is InChI=1S/C16H22ClN3O/c1-11(2)18-9-13-5-7-14(8-6-13)21-10-15-12(3)19-20(4)16(15)17/h5-8,11,18H,9-10H2,1-4H3. The number of hydrogen-bond acceptors (Lipinski definition) is 3. The first kappa shape index (κ1) is 15.9. The van der Waals surface area contributed by atoms with E-state index in [2.05, 4.69) is 36.4 Å². The summed E-state index contributed by atoms with van der Waals surface area (Å²) in [5, 5.41) is 8.29. The highest BCUT2D eigenvalue weighted by atomic mass is 35.5. The molecule has 0 aliphatic rings. The van der Waals surface area contributed by atoms with Crippen molar-refractivity contribution in [2.75, 3.05) is 0 Å². The fourth-order valence-corrected chi connectivity index (χ4v) is 2.25. The fraction of sp³-hybridized carbons (Fsp3) is 0.438. The van der Waals surface area contributed by atoms with E-state index < -0.39 is 0 Å². The maximum Gasteiger partial charge on any atom is 0.133 e. The van der Waals surface area contributed by atoms with E-state index in [-0.39, 0.29) is 0 Å². The van der Waals surface area contributed by atoms with Gasteiger partial charge < -0.3 is 10.1 Å². The number of aryl methyl sites for hydroxylation is 2. The van der Waals surface area contributed by atoms with Gasteiger partial charge in [0.2, 0.25) is 0 Å². The Morgan fingerprint density at radius 2 is 1.95 bits per heavy atom. The quantitative estimate of drug-likeness (QED) is 0.888. The van der Waals surface area contributed by atoms with Gasteiger partial charge in [-0.25, -0.2) is 0 Å². The summed E-state index contributed by atoms with van der Waals surface area (Å²) in [6, 6.07) is 8.59. The number of ether oxygens (including phenoxy) is 1. The Kier molecular flexibility index (Phi) is 5.26. The van der Waals surface area contributed by atoms with Crippen molar-refractivity contribution >= 4 is 11.6 Å². The molecule has 1 aromatic carbocycles. The van der Waals surface area contributed by atoms with Crippen LogP contribution >= 0.6 is 11.6 Å². The van der Waals surface area contributed by atoms with Gasteiger partial charge in [0.1, 0.15) is 17.5 Å². The van der Waals surface area contributed by atoms with E-state index in [9.17, 15) is 0 Å². The number of rotatable bonds is 6. The van der Waals surface area contributed by atoms with E-state index in [0.29, 0.717) is 17.8 Å². The van der Waals surface area contributed by atoms with Crippen LogP contribution in [-0.4, -0.2) is 15.8 Å². The fourth-order valence-electron chi connectivity index (χ4n) is 2.02. The Morgan fingerprint density at radius 3 is 2.48 bits per heavy atom. The average Bonchev–Trinajstić information content (AvgIpc) is 2.69. The molecule has 5 heteroatoms. The zero-order valence-corrected chi connectivity index (χ0v) is 13.7. The highest BCUT2D eigenvalue weighted by Crippen LogP contribution is 2.21. The zero-order valence-electron chi connectivity index (χ0n) is 13.0. The van der Waals surface area contributed by atoms with E-state index in [1.54, 1.807) is 4.68 Å². The van der Waals surface area contributed by atoms with E-state index in [1.807, 2.05) is 26.1 Å². The lowest BCUT2D eigenvalue weighted by Gasteiger charge is -2.09. The van der Waals surface area contributed by atoms with Crippen molar-refractivity contribution in [3.05, 3.63) is 46.2 Å². The van der Waals surface area contributed by atoms with Crippen LogP contribution in [-0.2, 0) is 20.2 Å². The van der Waals surface area contributed by atoms with Crippen LogP contribution in [0.4, 0.5) is 0 Å². The minimum absolute atomic E-state index is 0.433. The number of nitrogens with zero attached hydrogens (tertiary/aromatic N) is 2. The van der Waals surface area contributed by atoms with Crippen molar-refractivity contribution < 1.29 is 4.74 Å². The molecule has 0 atom stereocenters. The maximum atomic E-state index is 6.19. The van der Waals surface area contributed by atoms with Gasteiger partial charge in [0.25, 0.3) is 0 Å². The highest BCUT2D eigenvalue weighted by Gasteiger charge is 2.11. The van der Waals surface area contributed by atoms with Gasteiger partial charge in [-0.15, -0.1) is 0 Å². The summed E-state index contributed by atoms with van der Waals surface area (Å²) in [7, 11) is 1.83. The molecule has 0 aliphatic heterocycles. The lowest BCUT2D eigenvalue weighted by molar-refractivity contribution is 0.305. The number of hydrogen-bond donors (Lipinski definition) is 1. The Bertz CT molecular complexity index is 590. The SMILES string of the molecule is Cc1nn(C)c(Cl)c1COc1ccc(CNC(C)C)cc1. The van der Waals surface area contributed by atoms with Gasteiger partial charge in [-0.3, -0.25) is 4.68 Å². The second kappa shape index (κ2) is 6.96. The van der Waals surface area contributed by atoms with Crippen LogP contribution in [0.3, 0.4) is 0 Å². The Balaban J connectivity index is 1.94. The molecule has 0 unspecified atom stereocenters. The molecular formula is C16H22ClN3O. The Hall–Kier alpha value is -1.52. The van der Waals surface area contributed by atoms with E-state index in [0.717, 1.165) is 23.6 Å². The smallest absolute Gasteiger partial charge is 0.133 e. The van der Waals surface area contributed by atoms with Crippen LogP contribution in [0.15, 0.2) is 24.3 Å². The second-order valence-electron chi connectivity index (χ2n) is 5.45. The molecule has 0 fully saturated rings. The van der Waals surface area contributed by atoms with Crippen LogP contribution in [0.2, 0.25) is 5.15 Å². The summed E-state index contributed by atoms with van der Waals surface area (Å²) >= 11 is 6.19. The molecule has 1 N–H and O–H groups in total. The summed E-state index contributed by atoms with van der Waals surface area (Å²) in [6.07, 6.45) is 0. The molecule has 0 aliphatic carbocycles. The van der Waals surface area contributed by atoms with E-state index >= 15 is 0 Å². The molecule has 0 bridgehead atoms. The van der Waals surface area contributed by atoms with Gasteiger partial charge in [0.15, 0.2) is 0 Å². The monoisotopic (exact) mass is 307 g/mol. The van der Waals surface area contributed by atoms with Gasteiger partial charge in [-0.05, 0) is 24.6 Å². The zero-order chi connectivity index (χ0) is 15.4. The lowest BCUT2D eigenvalue weighted by atomic mass is 10.2. The third-order valence-electron chi connectivity index (χ3n) is 3.29. The Morgan fingerprint density at radius 1 is 1.29 bits per heavy atom. The topological polar surface area (TPSA) is 39.1 Å². The van der Waals surface area contributed by atoms with Gasteiger partial charge in [0, 0.05) is 25.2 Å². The van der Waals surface area contributed by atoms with Crippen molar-refractivity contribution in [2.45, 2.75) is 40.0 Å². The molecule has 1 heterocycles. The third-order valence-corrected chi connectivity index (χ3v) is 3.76. The predicted octanol–water partition coefficient (Wildman–Crippen LogP) is 3.46. The first-order valence-electron chi connectivity index (χ1n) is 7.10. The first-order chi connectivity index (χ1) is 9.97. The molecule has 4 nitrogen and oxygen atoms in total. The summed E-state index contributed by atoms with van der Waals surface area (Å²) in [4.78, 5) is 0. The molecule has 2 rings (SSSR count). The van der Waals surface area contributed by atoms with E-state index in [4.69, 9.17) is 16.3 Å². The Labute approximate surface area is 131 Å². The molecule has 1 aromatic heterocycles. The molecule has 0 spiro atoms. The van der Waals surface area contributed by atoms with Crippen LogP contribution in [0.1, 0.15) is 30.7 Å². The summed E-state index contributed by atoms with van der Waals surface area (Å²) in [6.45, 7) is 7.51. The van der Waals surface area contributed by atoms with Crippen LogP contribution in [0.5, 0.6) is 5.75 Å². The van der Waals surface area contributed by atoms with Gasteiger partial charge in [-0.2, -0.15) is 5.10 Å². The highest BCUT2D eigenvalue weighted by molar-refractivity contribution is 6.30.